The number of hydrogen-bond acceptors (Lipinski definition) is 3. The molecule has 1 aromatic carbocycles. The summed E-state index contributed by atoms with van der Waals surface area (Å²) in [5.41, 5.74) is 0.483. The summed E-state index contributed by atoms with van der Waals surface area (Å²) in [6.45, 7) is 12.4. The molecule has 1 aliphatic heterocycles. The molecule has 0 amide bonds. The van der Waals surface area contributed by atoms with Crippen LogP contribution in [0, 0.1) is 23.2 Å². The van der Waals surface area contributed by atoms with E-state index >= 15 is 0 Å². The minimum atomic E-state index is -0.421. The molecule has 1 saturated heterocycles. The SMILES string of the molecule is CC(C)C1C(=O)OC(=O)C1C(C)(C)C(C)(C)c1ccccc1. The van der Waals surface area contributed by atoms with Gasteiger partial charge in [-0.2, -0.15) is 0 Å². The third-order valence-electron chi connectivity index (χ3n) is 5.69. The summed E-state index contributed by atoms with van der Waals surface area (Å²) in [6.07, 6.45) is 0. The predicted molar refractivity (Wildman–Crippen MR) is 86.2 cm³/mol. The second kappa shape index (κ2) is 5.53. The topological polar surface area (TPSA) is 43.4 Å². The molecule has 0 bridgehead atoms. The molecule has 0 spiro atoms. The first-order valence-corrected chi connectivity index (χ1v) is 7.91. The van der Waals surface area contributed by atoms with E-state index in [1.165, 1.54) is 0 Å². The second-order valence-electron chi connectivity index (χ2n) is 7.70. The molecule has 0 aromatic heterocycles. The zero-order valence-corrected chi connectivity index (χ0v) is 14.3. The number of cyclic esters (lactones) is 2. The minimum Gasteiger partial charge on any atom is -0.393 e. The molecule has 22 heavy (non-hydrogen) atoms. The Morgan fingerprint density at radius 1 is 0.955 bits per heavy atom. The Morgan fingerprint density at radius 3 is 2.00 bits per heavy atom. The number of hydrogen-bond donors (Lipinski definition) is 0. The fourth-order valence-electron chi connectivity index (χ4n) is 3.53. The molecule has 2 rings (SSSR count). The Morgan fingerprint density at radius 2 is 1.50 bits per heavy atom. The maximum Gasteiger partial charge on any atom is 0.318 e. The number of ether oxygens (including phenoxy) is 1. The van der Waals surface area contributed by atoms with E-state index in [0.29, 0.717) is 0 Å². The fraction of sp³-hybridized carbons (Fsp3) is 0.579. The average Bonchev–Trinajstić information content (AvgIpc) is 2.74. The number of rotatable bonds is 4. The normalized spacial score (nSPS) is 23.0. The van der Waals surface area contributed by atoms with Gasteiger partial charge >= 0.3 is 11.9 Å². The predicted octanol–water partition coefficient (Wildman–Crippen LogP) is 3.96. The van der Waals surface area contributed by atoms with E-state index in [9.17, 15) is 9.59 Å². The summed E-state index contributed by atoms with van der Waals surface area (Å²) in [5.74, 6) is -1.46. The zero-order valence-electron chi connectivity index (χ0n) is 14.3. The Kier molecular flexibility index (Phi) is 4.20. The van der Waals surface area contributed by atoms with Crippen LogP contribution in [0.4, 0.5) is 0 Å². The monoisotopic (exact) mass is 302 g/mol. The highest BCUT2D eigenvalue weighted by Gasteiger charge is 2.57. The lowest BCUT2D eigenvalue weighted by molar-refractivity contribution is -0.155. The Labute approximate surface area is 133 Å². The second-order valence-corrected chi connectivity index (χ2v) is 7.70. The van der Waals surface area contributed by atoms with Crippen molar-refractivity contribution in [3.63, 3.8) is 0 Å². The Hall–Kier alpha value is -1.64. The van der Waals surface area contributed by atoms with Crippen LogP contribution in [0.15, 0.2) is 30.3 Å². The van der Waals surface area contributed by atoms with Gasteiger partial charge in [0.05, 0.1) is 11.8 Å². The lowest BCUT2D eigenvalue weighted by Gasteiger charge is -2.46. The molecule has 1 aromatic rings. The van der Waals surface area contributed by atoms with E-state index < -0.39 is 11.3 Å². The fourth-order valence-corrected chi connectivity index (χ4v) is 3.53. The lowest BCUT2D eigenvalue weighted by atomic mass is 9.55. The van der Waals surface area contributed by atoms with Gasteiger partial charge < -0.3 is 4.74 Å². The molecule has 0 aliphatic carbocycles. The largest absolute Gasteiger partial charge is 0.393 e. The molecule has 3 heteroatoms. The van der Waals surface area contributed by atoms with Gasteiger partial charge in [0.15, 0.2) is 0 Å². The van der Waals surface area contributed by atoms with Crippen molar-refractivity contribution in [2.24, 2.45) is 23.2 Å². The summed E-state index contributed by atoms with van der Waals surface area (Å²) in [7, 11) is 0. The van der Waals surface area contributed by atoms with Crippen LogP contribution >= 0.6 is 0 Å². The number of carbonyl (C=O) groups is 2. The van der Waals surface area contributed by atoms with Gasteiger partial charge in [0.25, 0.3) is 0 Å². The van der Waals surface area contributed by atoms with Crippen molar-refractivity contribution >= 4 is 11.9 Å². The molecular formula is C19H26O3. The molecule has 1 fully saturated rings. The van der Waals surface area contributed by atoms with Gasteiger partial charge in [-0.05, 0) is 22.3 Å². The van der Waals surface area contributed by atoms with Crippen LogP contribution < -0.4 is 0 Å². The molecule has 120 valence electrons. The smallest absolute Gasteiger partial charge is 0.318 e. The van der Waals surface area contributed by atoms with Gasteiger partial charge in [0, 0.05) is 0 Å². The van der Waals surface area contributed by atoms with Crippen molar-refractivity contribution in [3.8, 4) is 0 Å². The van der Waals surface area contributed by atoms with Crippen LogP contribution in [0.3, 0.4) is 0 Å². The van der Waals surface area contributed by atoms with Gasteiger partial charge in [0.1, 0.15) is 0 Å². The van der Waals surface area contributed by atoms with E-state index in [1.807, 2.05) is 32.0 Å². The number of benzene rings is 1. The molecule has 2 unspecified atom stereocenters. The summed E-state index contributed by atoms with van der Waals surface area (Å²) >= 11 is 0. The molecular weight excluding hydrogens is 276 g/mol. The average molecular weight is 302 g/mol. The van der Waals surface area contributed by atoms with E-state index in [2.05, 4.69) is 39.8 Å². The summed E-state index contributed by atoms with van der Waals surface area (Å²) in [5, 5.41) is 0. The maximum atomic E-state index is 12.4. The van der Waals surface area contributed by atoms with Gasteiger partial charge in [-0.1, -0.05) is 71.9 Å². The maximum absolute atomic E-state index is 12.4. The van der Waals surface area contributed by atoms with Gasteiger partial charge in [-0.15, -0.1) is 0 Å². The van der Waals surface area contributed by atoms with Crippen LogP contribution in [0.25, 0.3) is 0 Å². The lowest BCUT2D eigenvalue weighted by Crippen LogP contribution is -2.47. The molecule has 1 heterocycles. The molecule has 1 aliphatic rings. The zero-order chi connectivity index (χ0) is 16.7. The highest BCUT2D eigenvalue weighted by molar-refractivity contribution is 5.97. The Bertz CT molecular complexity index is 570. The number of esters is 2. The van der Waals surface area contributed by atoms with Crippen molar-refractivity contribution in [1.29, 1.82) is 0 Å². The molecule has 0 radical (unpaired) electrons. The van der Waals surface area contributed by atoms with E-state index in [4.69, 9.17) is 4.74 Å². The highest BCUT2D eigenvalue weighted by Crippen LogP contribution is 2.52. The molecule has 0 saturated carbocycles. The van der Waals surface area contributed by atoms with Crippen molar-refractivity contribution < 1.29 is 14.3 Å². The molecule has 0 N–H and O–H groups in total. The van der Waals surface area contributed by atoms with Crippen LogP contribution in [-0.2, 0) is 19.7 Å². The van der Waals surface area contributed by atoms with Crippen molar-refractivity contribution in [1.82, 2.24) is 0 Å². The quantitative estimate of drug-likeness (QED) is 0.624. The first kappa shape index (κ1) is 16.7. The van der Waals surface area contributed by atoms with E-state index in [1.54, 1.807) is 0 Å². The first-order chi connectivity index (χ1) is 10.1. The Balaban J connectivity index is 2.48. The summed E-state index contributed by atoms with van der Waals surface area (Å²) in [6, 6.07) is 10.1. The minimum absolute atomic E-state index is 0.0785. The molecule has 2 atom stereocenters. The highest BCUT2D eigenvalue weighted by atomic mass is 16.6. The van der Waals surface area contributed by atoms with Crippen LogP contribution in [0.2, 0.25) is 0 Å². The summed E-state index contributed by atoms with van der Waals surface area (Å²) < 4.78 is 4.99. The van der Waals surface area contributed by atoms with Crippen molar-refractivity contribution in [3.05, 3.63) is 35.9 Å². The first-order valence-electron chi connectivity index (χ1n) is 7.91. The van der Waals surface area contributed by atoms with Crippen LogP contribution in [-0.4, -0.2) is 11.9 Å². The van der Waals surface area contributed by atoms with Crippen molar-refractivity contribution in [2.45, 2.75) is 47.0 Å². The van der Waals surface area contributed by atoms with Crippen LogP contribution in [0.1, 0.15) is 47.1 Å². The number of carbonyl (C=O) groups excluding carboxylic acids is 2. The third kappa shape index (κ3) is 2.47. The van der Waals surface area contributed by atoms with Gasteiger partial charge in [-0.3, -0.25) is 9.59 Å². The summed E-state index contributed by atoms with van der Waals surface area (Å²) in [4.78, 5) is 24.5. The van der Waals surface area contributed by atoms with Gasteiger partial charge in [-0.25, -0.2) is 0 Å². The third-order valence-corrected chi connectivity index (χ3v) is 5.69. The van der Waals surface area contributed by atoms with Crippen molar-refractivity contribution in [2.75, 3.05) is 0 Å². The van der Waals surface area contributed by atoms with Crippen LogP contribution in [0.5, 0.6) is 0 Å². The van der Waals surface area contributed by atoms with Gasteiger partial charge in [0.2, 0.25) is 0 Å². The molecule has 3 nitrogen and oxygen atoms in total. The standard InChI is InChI=1S/C19H26O3/c1-12(2)14-15(17(21)22-16(14)20)19(5,6)18(3,4)13-10-8-7-9-11-13/h7-12,14-15H,1-6H3. The van der Waals surface area contributed by atoms with E-state index in [0.717, 1.165) is 5.56 Å². The van der Waals surface area contributed by atoms with E-state index in [-0.39, 0.29) is 29.2 Å².